The van der Waals surface area contributed by atoms with Gasteiger partial charge in [0.2, 0.25) is 11.8 Å². The molecule has 8 nitrogen and oxygen atoms in total. The maximum Gasteiger partial charge on any atom is 0.490 e. The Bertz CT molecular complexity index is 776. The highest BCUT2D eigenvalue weighted by Gasteiger charge is 2.59. The number of nitrogens with one attached hydrogen (secondary N) is 1. The highest BCUT2D eigenvalue weighted by molar-refractivity contribution is 5.84. The molecule has 2 heterocycles. The van der Waals surface area contributed by atoms with Gasteiger partial charge in [0.1, 0.15) is 11.6 Å². The van der Waals surface area contributed by atoms with E-state index >= 15 is 0 Å². The first-order chi connectivity index (χ1) is 15.4. The number of amides is 2. The summed E-state index contributed by atoms with van der Waals surface area (Å²) in [4.78, 5) is 38.4. The number of nitrogens with zero attached hydrogens (tertiary/aromatic N) is 2. The fraction of sp³-hybridized carbons (Fsp3) is 0.864. The summed E-state index contributed by atoms with van der Waals surface area (Å²) in [5.41, 5.74) is -0.321. The Balaban J connectivity index is 0.000000325. The topological polar surface area (TPSA) is 99.2 Å². The fourth-order valence-electron chi connectivity index (χ4n) is 7.13. The van der Waals surface area contributed by atoms with Crippen LogP contribution in [0.3, 0.4) is 0 Å². The second kappa shape index (κ2) is 8.41. The Morgan fingerprint density at radius 1 is 1.00 bits per heavy atom. The molecule has 2 saturated heterocycles. The van der Waals surface area contributed by atoms with Gasteiger partial charge in [-0.25, -0.2) is 4.79 Å². The summed E-state index contributed by atoms with van der Waals surface area (Å²) >= 11 is 0. The number of rotatable bonds is 2. The number of carbonyl (C=O) groups is 3. The summed E-state index contributed by atoms with van der Waals surface area (Å²) in [5, 5.41) is 9.83. The molecule has 0 aromatic rings. The predicted octanol–water partition coefficient (Wildman–Crippen LogP) is 1.49. The van der Waals surface area contributed by atoms with Gasteiger partial charge in [0.15, 0.2) is 0 Å². The largest absolute Gasteiger partial charge is 0.490 e. The summed E-state index contributed by atoms with van der Waals surface area (Å²) in [7, 11) is 3.64. The van der Waals surface area contributed by atoms with Gasteiger partial charge >= 0.3 is 12.1 Å². The Hall–Kier alpha value is -1.88. The number of aliphatic carboxylic acids is 1. The van der Waals surface area contributed by atoms with Crippen molar-refractivity contribution < 1.29 is 37.4 Å². The van der Waals surface area contributed by atoms with E-state index in [0.29, 0.717) is 25.6 Å². The van der Waals surface area contributed by atoms with Crippen LogP contribution in [-0.4, -0.2) is 90.8 Å². The lowest BCUT2D eigenvalue weighted by atomic mass is 9.49. The molecule has 2 N–H and O–H groups in total. The predicted molar refractivity (Wildman–Crippen MR) is 110 cm³/mol. The summed E-state index contributed by atoms with van der Waals surface area (Å²) in [6.45, 7) is 2.52. The number of likely N-dealkylation sites (N-methyl/N-ethyl adjacent to an activating group) is 2. The second-order valence-corrected chi connectivity index (χ2v) is 10.7. The fourth-order valence-corrected chi connectivity index (χ4v) is 7.13. The van der Waals surface area contributed by atoms with E-state index in [1.807, 2.05) is 7.05 Å². The van der Waals surface area contributed by atoms with Crippen LogP contribution in [0.2, 0.25) is 0 Å². The normalized spacial score (nSPS) is 36.6. The van der Waals surface area contributed by atoms with E-state index in [1.54, 1.807) is 7.05 Å². The first kappa shape index (κ1) is 24.3. The van der Waals surface area contributed by atoms with Gasteiger partial charge in [-0.1, -0.05) is 0 Å². The molecule has 186 valence electrons. The van der Waals surface area contributed by atoms with Gasteiger partial charge in [0.05, 0.1) is 25.1 Å². The molecule has 6 rings (SSSR count). The third kappa shape index (κ3) is 4.58. The molecule has 0 aromatic carbocycles. The van der Waals surface area contributed by atoms with E-state index in [1.165, 1.54) is 19.3 Å². The number of ether oxygens (including phenoxy) is 1. The minimum Gasteiger partial charge on any atom is -0.475 e. The number of hydrogen-bond donors (Lipinski definition) is 2. The van der Waals surface area contributed by atoms with Crippen molar-refractivity contribution in [1.29, 1.82) is 0 Å². The lowest BCUT2D eigenvalue weighted by Crippen LogP contribution is -2.74. The minimum absolute atomic E-state index is 0.00294. The van der Waals surface area contributed by atoms with Crippen molar-refractivity contribution in [2.24, 2.45) is 23.2 Å². The lowest BCUT2D eigenvalue weighted by molar-refractivity contribution is -0.211. The molecule has 6 fully saturated rings. The molecule has 6 aliphatic rings. The molecular formula is C22H32F3N3O5. The van der Waals surface area contributed by atoms with Gasteiger partial charge in [0, 0.05) is 13.6 Å². The van der Waals surface area contributed by atoms with Gasteiger partial charge in [-0.2, -0.15) is 13.2 Å². The first-order valence-corrected chi connectivity index (χ1v) is 11.5. The van der Waals surface area contributed by atoms with Crippen molar-refractivity contribution in [1.82, 2.24) is 15.1 Å². The van der Waals surface area contributed by atoms with Crippen LogP contribution in [0.4, 0.5) is 13.2 Å². The molecule has 11 heteroatoms. The van der Waals surface area contributed by atoms with Crippen molar-refractivity contribution in [2.45, 2.75) is 56.3 Å². The molecule has 4 aliphatic carbocycles. The zero-order valence-corrected chi connectivity index (χ0v) is 19.0. The molecule has 1 atom stereocenters. The summed E-state index contributed by atoms with van der Waals surface area (Å²) in [5.74, 6) is 0.0417. The van der Waals surface area contributed by atoms with Crippen molar-refractivity contribution in [3.05, 3.63) is 0 Å². The van der Waals surface area contributed by atoms with Crippen molar-refractivity contribution in [2.75, 3.05) is 40.3 Å². The SMILES string of the molecule is CNC(=O)C1COC2(CN(C(=O)C34CC5CC(CC(C5)C3)C4)C2)CN1C.O=C(O)C(F)(F)F. The molecule has 0 radical (unpaired) electrons. The van der Waals surface area contributed by atoms with Crippen molar-refractivity contribution in [3.8, 4) is 0 Å². The molecule has 1 spiro atoms. The Morgan fingerprint density at radius 2 is 1.48 bits per heavy atom. The lowest BCUT2D eigenvalue weighted by Gasteiger charge is -2.60. The van der Waals surface area contributed by atoms with Gasteiger partial charge in [-0.05, 0) is 63.3 Å². The van der Waals surface area contributed by atoms with Crippen LogP contribution >= 0.6 is 0 Å². The monoisotopic (exact) mass is 475 g/mol. The van der Waals surface area contributed by atoms with E-state index in [9.17, 15) is 22.8 Å². The van der Waals surface area contributed by atoms with Crippen LogP contribution in [-0.2, 0) is 19.1 Å². The van der Waals surface area contributed by atoms with Gasteiger partial charge in [-0.3, -0.25) is 14.5 Å². The number of carboxylic acids is 1. The third-order valence-corrected chi connectivity index (χ3v) is 8.15. The molecule has 2 aliphatic heterocycles. The highest BCUT2D eigenvalue weighted by atomic mass is 19.4. The van der Waals surface area contributed by atoms with Crippen molar-refractivity contribution >= 4 is 17.8 Å². The molecule has 2 amide bonds. The van der Waals surface area contributed by atoms with Crippen LogP contribution in [0.15, 0.2) is 0 Å². The number of carbonyl (C=O) groups excluding carboxylic acids is 2. The zero-order valence-electron chi connectivity index (χ0n) is 19.0. The second-order valence-electron chi connectivity index (χ2n) is 10.7. The Labute approximate surface area is 190 Å². The summed E-state index contributed by atoms with van der Waals surface area (Å²) < 4.78 is 37.8. The van der Waals surface area contributed by atoms with Crippen molar-refractivity contribution in [3.63, 3.8) is 0 Å². The van der Waals surface area contributed by atoms with Crippen LogP contribution < -0.4 is 5.32 Å². The van der Waals surface area contributed by atoms with Gasteiger partial charge in [0.25, 0.3) is 0 Å². The molecule has 4 bridgehead atoms. The number of morpholine rings is 1. The van der Waals surface area contributed by atoms with E-state index in [-0.39, 0.29) is 23.0 Å². The van der Waals surface area contributed by atoms with Gasteiger partial charge < -0.3 is 20.1 Å². The summed E-state index contributed by atoms with van der Waals surface area (Å²) in [6.07, 6.45) is 2.39. The number of alkyl halides is 3. The van der Waals surface area contributed by atoms with E-state index in [2.05, 4.69) is 15.1 Å². The maximum absolute atomic E-state index is 13.4. The molecule has 33 heavy (non-hydrogen) atoms. The maximum atomic E-state index is 13.4. The number of likely N-dealkylation sites (tertiary alicyclic amines) is 1. The van der Waals surface area contributed by atoms with Crippen LogP contribution in [0, 0.1) is 23.2 Å². The number of halogens is 3. The molecule has 0 aromatic heterocycles. The molecule has 4 saturated carbocycles. The van der Waals surface area contributed by atoms with Gasteiger partial charge in [-0.15, -0.1) is 0 Å². The standard InChI is InChI=1S/C20H31N3O3.C2HF3O2/c1-21-17(24)16-9-26-20(10-22(16)2)11-23(12-20)18(25)19-6-13-3-14(7-19)5-15(4-13)8-19;3-2(4,5)1(6)7/h13-16H,3-12H2,1-2H3,(H,21,24);(H,6,7). The van der Waals surface area contributed by atoms with Crippen LogP contribution in [0.1, 0.15) is 38.5 Å². The smallest absolute Gasteiger partial charge is 0.475 e. The van der Waals surface area contributed by atoms with E-state index in [4.69, 9.17) is 14.6 Å². The number of carboxylic acid groups (broad SMARTS) is 1. The molecular weight excluding hydrogens is 443 g/mol. The van der Waals surface area contributed by atoms with Crippen LogP contribution in [0.25, 0.3) is 0 Å². The quantitative estimate of drug-likeness (QED) is 0.628. The van der Waals surface area contributed by atoms with E-state index < -0.39 is 12.1 Å². The number of hydrogen-bond acceptors (Lipinski definition) is 5. The minimum atomic E-state index is -5.08. The average Bonchev–Trinajstić information content (AvgIpc) is 2.69. The zero-order chi connectivity index (χ0) is 24.2. The van der Waals surface area contributed by atoms with Crippen LogP contribution in [0.5, 0.6) is 0 Å². The first-order valence-electron chi connectivity index (χ1n) is 11.5. The third-order valence-electron chi connectivity index (χ3n) is 8.15. The average molecular weight is 476 g/mol. The molecule has 1 unspecified atom stereocenters. The van der Waals surface area contributed by atoms with E-state index in [0.717, 1.165) is 43.6 Å². The Morgan fingerprint density at radius 3 is 1.88 bits per heavy atom. The Kier molecular flexibility index (Phi) is 6.18. The highest BCUT2D eigenvalue weighted by Crippen LogP contribution is 2.61. The summed E-state index contributed by atoms with van der Waals surface area (Å²) in [6, 6.07) is -0.224.